The van der Waals surface area contributed by atoms with Gasteiger partial charge in [0.15, 0.2) is 5.78 Å². The number of ketones is 1. The third-order valence-electron chi connectivity index (χ3n) is 9.02. The number of H-pyrrole nitrogens is 1. The molecule has 2 aliphatic rings. The number of hydrogen-bond donors (Lipinski definition) is 2. The number of aromatic nitrogens is 6. The molecule has 11 heteroatoms. The van der Waals surface area contributed by atoms with Crippen LogP contribution < -0.4 is 10.6 Å². The number of aromatic amines is 1. The van der Waals surface area contributed by atoms with Crippen LogP contribution in [-0.2, 0) is 16.8 Å². The maximum atomic E-state index is 14.8. The number of nitrogens with two attached hydrogens (primary N) is 1. The van der Waals surface area contributed by atoms with Crippen molar-refractivity contribution < 1.29 is 9.18 Å². The van der Waals surface area contributed by atoms with Gasteiger partial charge in [-0.15, -0.1) is 0 Å². The number of halogens is 2. The van der Waals surface area contributed by atoms with Crippen LogP contribution in [0.25, 0.3) is 33.3 Å². The zero-order valence-corrected chi connectivity index (χ0v) is 23.6. The first-order chi connectivity index (χ1) is 19.8. The molecule has 3 aromatic heterocycles. The van der Waals surface area contributed by atoms with E-state index < -0.39 is 0 Å². The molecule has 3 atom stereocenters. The van der Waals surface area contributed by atoms with Crippen molar-refractivity contribution in [1.29, 1.82) is 0 Å². The fourth-order valence-electron chi connectivity index (χ4n) is 6.69. The van der Waals surface area contributed by atoms with Gasteiger partial charge in [0.2, 0.25) is 5.65 Å². The van der Waals surface area contributed by atoms with Gasteiger partial charge in [0.1, 0.15) is 17.2 Å². The molecule has 1 aliphatic carbocycles. The number of fused-ring (bicyclic) bond motifs is 3. The molecule has 1 saturated heterocycles. The molecule has 1 saturated carbocycles. The third kappa shape index (κ3) is 4.03. The lowest BCUT2D eigenvalue weighted by molar-refractivity contribution is -0.122. The van der Waals surface area contributed by atoms with Gasteiger partial charge in [-0.2, -0.15) is 10.2 Å². The van der Waals surface area contributed by atoms with Gasteiger partial charge >= 0.3 is 0 Å². The Morgan fingerprint density at radius 3 is 2.85 bits per heavy atom. The molecule has 0 radical (unpaired) electrons. The van der Waals surface area contributed by atoms with Crippen LogP contribution in [0.2, 0.25) is 5.02 Å². The number of anilines is 1. The molecule has 4 heterocycles. The van der Waals surface area contributed by atoms with Crippen molar-refractivity contribution in [3.8, 4) is 11.3 Å². The van der Waals surface area contributed by atoms with Crippen molar-refractivity contribution in [3.05, 3.63) is 65.2 Å². The van der Waals surface area contributed by atoms with E-state index in [2.05, 4.69) is 20.2 Å². The molecule has 5 aromatic rings. The highest BCUT2D eigenvalue weighted by molar-refractivity contribution is 6.38. The average Bonchev–Trinajstić information content (AvgIpc) is 3.21. The molecule has 0 amide bonds. The van der Waals surface area contributed by atoms with Crippen LogP contribution >= 0.6 is 11.6 Å². The van der Waals surface area contributed by atoms with E-state index in [9.17, 15) is 9.18 Å². The Kier molecular flexibility index (Phi) is 6.09. The Morgan fingerprint density at radius 1 is 1.24 bits per heavy atom. The molecule has 9 nitrogen and oxygen atoms in total. The predicted octanol–water partition coefficient (Wildman–Crippen LogP) is 4.74. The topological polar surface area (TPSA) is 119 Å². The lowest BCUT2D eigenvalue weighted by Gasteiger charge is -2.26. The zero-order chi connectivity index (χ0) is 28.5. The summed E-state index contributed by atoms with van der Waals surface area (Å²) >= 11 is 6.84. The minimum atomic E-state index is -0.331. The van der Waals surface area contributed by atoms with Gasteiger partial charge < -0.3 is 10.6 Å². The standard InChI is InChI=1S/C30H30ClFN8O/c1-16(2)24(41)14-40-12-18-23(38-40)8-7-17(26(18)31)27-28-29(37-36-27)35-25(11-34-28)39-10-9-19-21(13-39)30(19,15-33)20-5-3-4-6-22(20)32/h3-8,11-12,16,19,21H,9-10,13-15,33H2,1-2H3,(H,35,36,37)/t19-,21+,30-/m1/s1. The van der Waals surface area contributed by atoms with E-state index in [-0.39, 0.29) is 35.4 Å². The van der Waals surface area contributed by atoms with Crippen molar-refractivity contribution in [2.24, 2.45) is 23.5 Å². The first-order valence-corrected chi connectivity index (χ1v) is 14.3. The van der Waals surface area contributed by atoms with Gasteiger partial charge in [0.05, 0.1) is 29.0 Å². The number of carbonyl (C=O) groups is 1. The van der Waals surface area contributed by atoms with Gasteiger partial charge in [-0.05, 0) is 42.0 Å². The molecule has 210 valence electrons. The summed E-state index contributed by atoms with van der Waals surface area (Å²) in [5.74, 6) is 1.20. The van der Waals surface area contributed by atoms with Crippen molar-refractivity contribution in [1.82, 2.24) is 29.9 Å². The summed E-state index contributed by atoms with van der Waals surface area (Å²) in [5, 5.41) is 13.3. The lowest BCUT2D eigenvalue weighted by atomic mass is 9.91. The molecular weight excluding hydrogens is 543 g/mol. The second-order valence-electron chi connectivity index (χ2n) is 11.5. The molecule has 0 spiro atoms. The van der Waals surface area contributed by atoms with E-state index in [0.29, 0.717) is 39.9 Å². The summed E-state index contributed by atoms with van der Waals surface area (Å²) in [5.41, 5.74) is 9.87. The second-order valence-corrected chi connectivity index (χ2v) is 11.9. The number of nitrogens with one attached hydrogen (secondary N) is 1. The number of benzene rings is 2. The predicted molar refractivity (Wildman–Crippen MR) is 156 cm³/mol. The molecule has 2 fully saturated rings. The fraction of sp³-hybridized carbons (Fsp3) is 0.367. The van der Waals surface area contributed by atoms with Crippen LogP contribution in [0.15, 0.2) is 48.8 Å². The minimum absolute atomic E-state index is 0.0705. The van der Waals surface area contributed by atoms with Crippen molar-refractivity contribution in [2.75, 3.05) is 24.5 Å². The number of hydrogen-bond acceptors (Lipinski definition) is 7. The highest BCUT2D eigenvalue weighted by atomic mass is 35.5. The molecular formula is C30H30ClFN8O. The van der Waals surface area contributed by atoms with Crippen molar-refractivity contribution in [2.45, 2.75) is 32.2 Å². The number of piperidine rings is 1. The Labute approximate surface area is 240 Å². The summed E-state index contributed by atoms with van der Waals surface area (Å²) in [4.78, 5) is 24.0. The number of rotatable bonds is 7. The van der Waals surface area contributed by atoms with E-state index in [0.717, 1.165) is 41.8 Å². The average molecular weight is 573 g/mol. The molecule has 0 unspecified atom stereocenters. The van der Waals surface area contributed by atoms with Gasteiger partial charge in [-0.3, -0.25) is 14.6 Å². The Balaban J connectivity index is 1.16. The second kappa shape index (κ2) is 9.60. The highest BCUT2D eigenvalue weighted by Crippen LogP contribution is 2.63. The smallest absolute Gasteiger partial charge is 0.202 e. The van der Waals surface area contributed by atoms with E-state index >= 15 is 0 Å². The van der Waals surface area contributed by atoms with Crippen LogP contribution in [0.1, 0.15) is 25.8 Å². The molecule has 41 heavy (non-hydrogen) atoms. The maximum Gasteiger partial charge on any atom is 0.202 e. The fourth-order valence-corrected chi connectivity index (χ4v) is 6.99. The van der Waals surface area contributed by atoms with E-state index in [1.54, 1.807) is 23.1 Å². The summed E-state index contributed by atoms with van der Waals surface area (Å²) < 4.78 is 16.4. The van der Waals surface area contributed by atoms with Crippen LogP contribution in [0, 0.1) is 23.6 Å². The van der Waals surface area contributed by atoms with E-state index in [4.69, 9.17) is 27.3 Å². The van der Waals surface area contributed by atoms with Crippen LogP contribution in [-0.4, -0.2) is 55.4 Å². The first-order valence-electron chi connectivity index (χ1n) is 13.9. The van der Waals surface area contributed by atoms with Crippen LogP contribution in [0.4, 0.5) is 10.2 Å². The van der Waals surface area contributed by atoms with Crippen LogP contribution in [0.5, 0.6) is 0 Å². The monoisotopic (exact) mass is 572 g/mol. The number of Topliss-reactive ketones (excluding diaryl/α,β-unsaturated/α-hetero) is 1. The number of carbonyl (C=O) groups excluding carboxylic acids is 1. The summed E-state index contributed by atoms with van der Waals surface area (Å²) in [6, 6.07) is 10.8. The van der Waals surface area contributed by atoms with Gasteiger partial charge in [-0.1, -0.05) is 43.6 Å². The molecule has 0 bridgehead atoms. The SMILES string of the molecule is CC(C)C(=O)Cn1cc2c(Cl)c(-c3[nH]nc4nc(N5CC[C@@H]6[C@H](C5)[C@@]6(CN)c5ccccc5F)cnc34)ccc2n1. The van der Waals surface area contributed by atoms with Crippen LogP contribution in [0.3, 0.4) is 0 Å². The summed E-state index contributed by atoms with van der Waals surface area (Å²) in [6.45, 7) is 5.89. The Morgan fingerprint density at radius 2 is 2.07 bits per heavy atom. The van der Waals surface area contributed by atoms with E-state index in [1.807, 2.05) is 38.1 Å². The normalized spacial score (nSPS) is 22.0. The summed E-state index contributed by atoms with van der Waals surface area (Å²) in [7, 11) is 0. The molecule has 1 aliphatic heterocycles. The van der Waals surface area contributed by atoms with E-state index in [1.165, 1.54) is 6.07 Å². The van der Waals surface area contributed by atoms with Gasteiger partial charge in [-0.25, -0.2) is 14.4 Å². The van der Waals surface area contributed by atoms with Gasteiger partial charge in [0.25, 0.3) is 0 Å². The van der Waals surface area contributed by atoms with Crippen molar-refractivity contribution >= 4 is 45.3 Å². The minimum Gasteiger partial charge on any atom is -0.355 e. The lowest BCUT2D eigenvalue weighted by Crippen LogP contribution is -2.32. The molecule has 3 N–H and O–H groups in total. The maximum absolute atomic E-state index is 14.8. The highest BCUT2D eigenvalue weighted by Gasteiger charge is 2.66. The third-order valence-corrected chi connectivity index (χ3v) is 9.43. The zero-order valence-electron chi connectivity index (χ0n) is 22.8. The Bertz CT molecular complexity index is 1820. The van der Waals surface area contributed by atoms with Crippen molar-refractivity contribution in [3.63, 3.8) is 0 Å². The number of nitrogens with zero attached hydrogens (tertiary/aromatic N) is 6. The Hall–Kier alpha value is -3.89. The molecule has 2 aromatic carbocycles. The molecule has 7 rings (SSSR count). The summed E-state index contributed by atoms with van der Waals surface area (Å²) in [6.07, 6.45) is 4.47. The quantitative estimate of drug-likeness (QED) is 0.289. The first kappa shape index (κ1) is 26.0. The largest absolute Gasteiger partial charge is 0.355 e. The van der Waals surface area contributed by atoms with Gasteiger partial charge in [0, 0.05) is 48.1 Å².